The molecule has 138 valence electrons. The van der Waals surface area contributed by atoms with Gasteiger partial charge in [0.05, 0.1) is 4.90 Å². The first-order valence-electron chi connectivity index (χ1n) is 8.00. The van der Waals surface area contributed by atoms with Crippen molar-refractivity contribution in [3.63, 3.8) is 0 Å². The van der Waals surface area contributed by atoms with E-state index in [1.807, 2.05) is 13.8 Å². The van der Waals surface area contributed by atoms with E-state index in [9.17, 15) is 18.0 Å². The van der Waals surface area contributed by atoms with Gasteiger partial charge in [-0.05, 0) is 38.1 Å². The molecule has 0 saturated carbocycles. The van der Waals surface area contributed by atoms with Gasteiger partial charge in [0, 0.05) is 18.5 Å². The van der Waals surface area contributed by atoms with E-state index >= 15 is 0 Å². The van der Waals surface area contributed by atoms with Gasteiger partial charge in [-0.15, -0.1) is 0 Å². The van der Waals surface area contributed by atoms with Gasteiger partial charge in [0.15, 0.2) is 0 Å². The van der Waals surface area contributed by atoms with E-state index in [1.165, 1.54) is 12.1 Å². The molecule has 2 rings (SSSR count). The molecule has 0 aliphatic rings. The summed E-state index contributed by atoms with van der Waals surface area (Å²) in [5.74, 6) is -0.948. The number of carbonyl (C=O) groups excluding carboxylic acids is 2. The monoisotopic (exact) mass is 375 g/mol. The van der Waals surface area contributed by atoms with Gasteiger partial charge in [-0.25, -0.2) is 13.1 Å². The minimum atomic E-state index is -3.67. The average Bonchev–Trinajstić information content (AvgIpc) is 2.60. The van der Waals surface area contributed by atoms with Crippen LogP contribution in [0.5, 0.6) is 0 Å². The van der Waals surface area contributed by atoms with E-state index < -0.39 is 21.8 Å². The Morgan fingerprint density at radius 1 is 0.846 bits per heavy atom. The smallest absolute Gasteiger partial charge is 0.269 e. The minimum Gasteiger partial charge on any atom is -0.273 e. The molecular formula is C18H21N3O4S. The highest BCUT2D eigenvalue weighted by molar-refractivity contribution is 7.89. The fourth-order valence-electron chi connectivity index (χ4n) is 2.07. The third-order valence-corrected chi connectivity index (χ3v) is 5.08. The van der Waals surface area contributed by atoms with Crippen LogP contribution >= 0.6 is 0 Å². The number of nitrogens with one attached hydrogen (secondary N) is 3. The Labute approximate surface area is 152 Å². The van der Waals surface area contributed by atoms with E-state index in [0.717, 1.165) is 11.1 Å². The Hall–Kier alpha value is -2.71. The maximum atomic E-state index is 12.1. The van der Waals surface area contributed by atoms with Crippen LogP contribution in [0.3, 0.4) is 0 Å². The van der Waals surface area contributed by atoms with Crippen LogP contribution in [0.4, 0.5) is 0 Å². The van der Waals surface area contributed by atoms with Crippen molar-refractivity contribution < 1.29 is 18.0 Å². The second kappa shape index (κ2) is 8.59. The van der Waals surface area contributed by atoms with Crippen LogP contribution in [0, 0.1) is 13.8 Å². The van der Waals surface area contributed by atoms with Crippen LogP contribution in [0.2, 0.25) is 0 Å². The molecule has 0 radical (unpaired) electrons. The molecule has 2 aromatic rings. The van der Waals surface area contributed by atoms with E-state index in [1.54, 1.807) is 36.4 Å². The Balaban J connectivity index is 1.77. The van der Waals surface area contributed by atoms with Crippen molar-refractivity contribution in [3.8, 4) is 0 Å². The quantitative estimate of drug-likeness (QED) is 0.665. The first-order chi connectivity index (χ1) is 12.3. The molecule has 7 nitrogen and oxygen atoms in total. The molecule has 0 atom stereocenters. The molecule has 0 aliphatic carbocycles. The second-order valence-electron chi connectivity index (χ2n) is 5.83. The summed E-state index contributed by atoms with van der Waals surface area (Å²) in [4.78, 5) is 23.7. The molecule has 2 aromatic carbocycles. The van der Waals surface area contributed by atoms with Gasteiger partial charge in [-0.1, -0.05) is 35.4 Å². The molecule has 0 bridgehead atoms. The van der Waals surface area contributed by atoms with Gasteiger partial charge in [0.1, 0.15) is 0 Å². The van der Waals surface area contributed by atoms with E-state index in [4.69, 9.17) is 0 Å². The van der Waals surface area contributed by atoms with Gasteiger partial charge in [0.2, 0.25) is 15.9 Å². The highest BCUT2D eigenvalue weighted by Gasteiger charge is 2.14. The molecule has 2 amide bonds. The summed E-state index contributed by atoms with van der Waals surface area (Å²) < 4.78 is 26.5. The lowest BCUT2D eigenvalue weighted by Crippen LogP contribution is -2.42. The Kier molecular flexibility index (Phi) is 6.48. The van der Waals surface area contributed by atoms with Crippen molar-refractivity contribution >= 4 is 21.8 Å². The van der Waals surface area contributed by atoms with Crippen LogP contribution in [0.1, 0.15) is 27.9 Å². The minimum absolute atomic E-state index is 0.0809. The summed E-state index contributed by atoms with van der Waals surface area (Å²) in [6.45, 7) is 3.68. The van der Waals surface area contributed by atoms with Crippen molar-refractivity contribution in [2.75, 3.05) is 6.54 Å². The molecule has 0 unspecified atom stereocenters. The van der Waals surface area contributed by atoms with Crippen molar-refractivity contribution in [2.45, 2.75) is 25.2 Å². The maximum absolute atomic E-state index is 12.1. The number of benzene rings is 2. The number of hydrazine groups is 1. The van der Waals surface area contributed by atoms with Crippen LogP contribution < -0.4 is 15.6 Å². The number of carbonyl (C=O) groups is 2. The first-order valence-corrected chi connectivity index (χ1v) is 9.48. The number of amides is 2. The molecule has 26 heavy (non-hydrogen) atoms. The fraction of sp³-hybridized carbons (Fsp3) is 0.222. The van der Waals surface area contributed by atoms with Crippen LogP contribution in [0.15, 0.2) is 53.4 Å². The molecule has 0 aromatic heterocycles. The predicted molar refractivity (Wildman–Crippen MR) is 97.8 cm³/mol. The lowest BCUT2D eigenvalue weighted by Gasteiger charge is -2.09. The van der Waals surface area contributed by atoms with Crippen LogP contribution in [-0.4, -0.2) is 26.8 Å². The van der Waals surface area contributed by atoms with Crippen molar-refractivity contribution in [2.24, 2.45) is 0 Å². The maximum Gasteiger partial charge on any atom is 0.269 e. The van der Waals surface area contributed by atoms with E-state index in [-0.39, 0.29) is 17.9 Å². The molecule has 0 heterocycles. The highest BCUT2D eigenvalue weighted by atomic mass is 32.2. The van der Waals surface area contributed by atoms with Gasteiger partial charge in [-0.2, -0.15) is 0 Å². The summed E-state index contributed by atoms with van der Waals surface area (Å²) >= 11 is 0. The van der Waals surface area contributed by atoms with E-state index in [0.29, 0.717) is 5.56 Å². The van der Waals surface area contributed by atoms with Crippen molar-refractivity contribution in [1.82, 2.24) is 15.6 Å². The molecule has 3 N–H and O–H groups in total. The molecule has 0 spiro atoms. The summed E-state index contributed by atoms with van der Waals surface area (Å²) in [5.41, 5.74) is 6.93. The number of aryl methyl sites for hydroxylation is 2. The number of hydrogen-bond acceptors (Lipinski definition) is 4. The average molecular weight is 375 g/mol. The Bertz CT molecular complexity index is 876. The Morgan fingerprint density at radius 2 is 1.38 bits per heavy atom. The zero-order chi connectivity index (χ0) is 19.2. The summed E-state index contributed by atoms with van der Waals surface area (Å²) in [6, 6.07) is 13.3. The largest absolute Gasteiger partial charge is 0.273 e. The van der Waals surface area contributed by atoms with E-state index in [2.05, 4.69) is 15.6 Å². The Morgan fingerprint density at radius 3 is 1.96 bits per heavy atom. The molecular weight excluding hydrogens is 354 g/mol. The number of hydrogen-bond donors (Lipinski definition) is 3. The SMILES string of the molecule is Cc1ccc(C(=O)NNC(=O)CCNS(=O)(=O)c2ccc(C)cc2)cc1. The summed E-state index contributed by atoms with van der Waals surface area (Å²) in [6.07, 6.45) is -0.112. The van der Waals surface area contributed by atoms with Gasteiger partial charge in [0.25, 0.3) is 5.91 Å². The van der Waals surface area contributed by atoms with Crippen LogP contribution in [-0.2, 0) is 14.8 Å². The first kappa shape index (κ1) is 19.6. The van der Waals surface area contributed by atoms with Gasteiger partial charge >= 0.3 is 0 Å². The lowest BCUT2D eigenvalue weighted by atomic mass is 10.1. The highest BCUT2D eigenvalue weighted by Crippen LogP contribution is 2.09. The standard InChI is InChI=1S/C18H21N3O4S/c1-13-3-7-15(8-4-13)18(23)21-20-17(22)11-12-19-26(24,25)16-9-5-14(2)6-10-16/h3-10,19H,11-12H2,1-2H3,(H,20,22)(H,21,23). The lowest BCUT2D eigenvalue weighted by molar-refractivity contribution is -0.121. The zero-order valence-electron chi connectivity index (χ0n) is 14.6. The zero-order valence-corrected chi connectivity index (χ0v) is 15.4. The normalized spacial score (nSPS) is 11.0. The fourth-order valence-corrected chi connectivity index (χ4v) is 3.10. The summed E-state index contributed by atoms with van der Waals surface area (Å²) in [7, 11) is -3.67. The number of rotatable bonds is 6. The number of sulfonamides is 1. The molecule has 0 aliphatic heterocycles. The van der Waals surface area contributed by atoms with Crippen LogP contribution in [0.25, 0.3) is 0 Å². The molecule has 0 saturated heterocycles. The predicted octanol–water partition coefficient (Wildman–Crippen LogP) is 1.43. The van der Waals surface area contributed by atoms with Crippen molar-refractivity contribution in [3.05, 3.63) is 65.2 Å². The van der Waals surface area contributed by atoms with Gasteiger partial charge < -0.3 is 0 Å². The molecule has 8 heteroatoms. The molecule has 0 fully saturated rings. The third-order valence-electron chi connectivity index (χ3n) is 3.60. The summed E-state index contributed by atoms with van der Waals surface area (Å²) in [5, 5.41) is 0. The third kappa shape index (κ3) is 5.68. The topological polar surface area (TPSA) is 104 Å². The van der Waals surface area contributed by atoms with Crippen molar-refractivity contribution in [1.29, 1.82) is 0 Å². The van der Waals surface area contributed by atoms with Gasteiger partial charge in [-0.3, -0.25) is 20.4 Å². The second-order valence-corrected chi connectivity index (χ2v) is 7.60.